The zero-order chi connectivity index (χ0) is 14.7. The van der Waals surface area contributed by atoms with E-state index in [1.54, 1.807) is 42.5 Å². The highest BCUT2D eigenvalue weighted by atomic mass is 79.9. The lowest BCUT2D eigenvalue weighted by Crippen LogP contribution is -2.12. The van der Waals surface area contributed by atoms with E-state index in [1.807, 2.05) is 6.07 Å². The third-order valence-corrected chi connectivity index (χ3v) is 3.97. The van der Waals surface area contributed by atoms with E-state index in [1.165, 1.54) is 0 Å². The number of Topliss-reactive ketones (excluding diaryl/α,β-unsaturated/α-hetero) is 1. The number of benzene rings is 2. The van der Waals surface area contributed by atoms with Gasteiger partial charge in [0.15, 0.2) is 5.78 Å². The molecule has 0 radical (unpaired) electrons. The molecule has 0 aliphatic heterocycles. The molecule has 2 nitrogen and oxygen atoms in total. The molecule has 0 aliphatic carbocycles. The number of nitrogens with zero attached hydrogens (tertiary/aromatic N) is 1. The van der Waals surface area contributed by atoms with Crippen molar-refractivity contribution in [1.82, 2.24) is 0 Å². The number of hydrogen-bond acceptors (Lipinski definition) is 2. The summed E-state index contributed by atoms with van der Waals surface area (Å²) in [5.41, 5.74) is 0.993. The molecule has 0 fully saturated rings. The molecule has 1 unspecified atom stereocenters. The Bertz CT molecular complexity index is 692. The molecule has 0 amide bonds. The molecule has 0 aromatic heterocycles. The molecule has 2 aromatic carbocycles. The maximum Gasteiger partial charge on any atom is 0.185 e. The summed E-state index contributed by atoms with van der Waals surface area (Å²) in [7, 11) is 0. The fraction of sp³-hybridized carbons (Fsp3) is 0.0667. The van der Waals surface area contributed by atoms with Gasteiger partial charge in [-0.25, -0.2) is 0 Å². The third kappa shape index (κ3) is 3.21. The van der Waals surface area contributed by atoms with Crippen LogP contribution >= 0.6 is 39.1 Å². The third-order valence-electron chi connectivity index (χ3n) is 2.79. The molecule has 2 rings (SSSR count). The Morgan fingerprint density at radius 1 is 1.10 bits per heavy atom. The Morgan fingerprint density at radius 3 is 2.30 bits per heavy atom. The molecule has 20 heavy (non-hydrogen) atoms. The van der Waals surface area contributed by atoms with E-state index in [0.29, 0.717) is 25.6 Å². The van der Waals surface area contributed by atoms with Gasteiger partial charge in [-0.1, -0.05) is 51.3 Å². The van der Waals surface area contributed by atoms with E-state index >= 15 is 0 Å². The van der Waals surface area contributed by atoms with E-state index < -0.39 is 5.92 Å². The minimum atomic E-state index is -0.887. The number of carbonyl (C=O) groups excluding carboxylic acids is 1. The van der Waals surface area contributed by atoms with E-state index in [9.17, 15) is 10.1 Å². The van der Waals surface area contributed by atoms with Crippen LogP contribution in [0.2, 0.25) is 10.0 Å². The van der Waals surface area contributed by atoms with Crippen LogP contribution in [0.25, 0.3) is 0 Å². The van der Waals surface area contributed by atoms with Crippen molar-refractivity contribution >= 4 is 44.9 Å². The zero-order valence-electron chi connectivity index (χ0n) is 10.1. The predicted molar refractivity (Wildman–Crippen MR) is 83.3 cm³/mol. The monoisotopic (exact) mass is 367 g/mol. The number of carbonyl (C=O) groups is 1. The van der Waals surface area contributed by atoms with Gasteiger partial charge in [0, 0.05) is 20.1 Å². The van der Waals surface area contributed by atoms with Crippen LogP contribution in [-0.4, -0.2) is 5.78 Å². The number of halogens is 3. The van der Waals surface area contributed by atoms with Crippen LogP contribution < -0.4 is 0 Å². The largest absolute Gasteiger partial charge is 0.292 e. The van der Waals surface area contributed by atoms with Gasteiger partial charge < -0.3 is 0 Å². The summed E-state index contributed by atoms with van der Waals surface area (Å²) in [4.78, 5) is 12.5. The molecule has 0 bridgehead atoms. The molecule has 100 valence electrons. The summed E-state index contributed by atoms with van der Waals surface area (Å²) in [5, 5.41) is 10.3. The van der Waals surface area contributed by atoms with Gasteiger partial charge >= 0.3 is 0 Å². The van der Waals surface area contributed by atoms with Gasteiger partial charge in [0.05, 0.1) is 6.07 Å². The first kappa shape index (κ1) is 15.1. The van der Waals surface area contributed by atoms with Gasteiger partial charge in [-0.2, -0.15) is 5.26 Å². The summed E-state index contributed by atoms with van der Waals surface area (Å²) < 4.78 is 0.612. The maximum atomic E-state index is 12.5. The maximum absolute atomic E-state index is 12.5. The van der Waals surface area contributed by atoms with Gasteiger partial charge in [-0.15, -0.1) is 0 Å². The zero-order valence-corrected chi connectivity index (χ0v) is 13.2. The summed E-state index contributed by atoms with van der Waals surface area (Å²) >= 11 is 15.0. The van der Waals surface area contributed by atoms with Crippen molar-refractivity contribution in [2.24, 2.45) is 0 Å². The van der Waals surface area contributed by atoms with E-state index in [4.69, 9.17) is 23.2 Å². The first-order valence-corrected chi connectivity index (χ1v) is 7.22. The minimum absolute atomic E-state index is 0.302. The van der Waals surface area contributed by atoms with E-state index in [2.05, 4.69) is 15.9 Å². The number of ketones is 1. The standard InChI is InChI=1S/C15H8BrCl2NO/c16-14-6-5-11(18)7-12(14)15(20)13(8-19)9-1-3-10(17)4-2-9/h1-7,13H. The summed E-state index contributed by atoms with van der Waals surface area (Å²) in [6.07, 6.45) is 0. The molecule has 5 heteroatoms. The highest BCUT2D eigenvalue weighted by molar-refractivity contribution is 9.10. The van der Waals surface area contributed by atoms with Crippen molar-refractivity contribution in [3.05, 3.63) is 68.1 Å². The van der Waals surface area contributed by atoms with Crippen molar-refractivity contribution in [1.29, 1.82) is 5.26 Å². The Kier molecular flexibility index (Phi) is 4.82. The predicted octanol–water partition coefficient (Wildman–Crippen LogP) is 5.25. The van der Waals surface area contributed by atoms with Crippen molar-refractivity contribution in [3.63, 3.8) is 0 Å². The van der Waals surface area contributed by atoms with Gasteiger partial charge in [0.1, 0.15) is 5.92 Å². The summed E-state index contributed by atoms with van der Waals surface area (Å²) in [6.45, 7) is 0. The van der Waals surface area contributed by atoms with E-state index in [-0.39, 0.29) is 5.78 Å². The van der Waals surface area contributed by atoms with Gasteiger partial charge in [0.25, 0.3) is 0 Å². The molecule has 1 atom stereocenters. The van der Waals surface area contributed by atoms with Crippen LogP contribution in [0.5, 0.6) is 0 Å². The SMILES string of the molecule is N#CC(C(=O)c1cc(Cl)ccc1Br)c1ccc(Cl)cc1. The molecule has 2 aromatic rings. The summed E-state index contributed by atoms with van der Waals surface area (Å²) in [6, 6.07) is 13.6. The number of rotatable bonds is 3. The van der Waals surface area contributed by atoms with Crippen LogP contribution in [-0.2, 0) is 0 Å². The second-order valence-electron chi connectivity index (χ2n) is 4.10. The van der Waals surface area contributed by atoms with Crippen LogP contribution in [0.4, 0.5) is 0 Å². The second kappa shape index (κ2) is 6.41. The first-order chi connectivity index (χ1) is 9.52. The van der Waals surface area contributed by atoms with Crippen LogP contribution in [0, 0.1) is 11.3 Å². The Morgan fingerprint density at radius 2 is 1.70 bits per heavy atom. The van der Waals surface area contributed by atoms with E-state index in [0.717, 1.165) is 0 Å². The molecule has 0 aliphatic rings. The topological polar surface area (TPSA) is 40.9 Å². The molecule has 0 heterocycles. The van der Waals surface area contributed by atoms with Crippen molar-refractivity contribution in [2.45, 2.75) is 5.92 Å². The number of hydrogen-bond donors (Lipinski definition) is 0. The van der Waals surface area contributed by atoms with Crippen molar-refractivity contribution in [3.8, 4) is 6.07 Å². The Balaban J connectivity index is 2.42. The average molecular weight is 369 g/mol. The minimum Gasteiger partial charge on any atom is -0.292 e. The van der Waals surface area contributed by atoms with Gasteiger partial charge in [-0.05, 0) is 35.9 Å². The Hall–Kier alpha value is -1.34. The fourth-order valence-corrected chi connectivity index (χ4v) is 2.52. The fourth-order valence-electron chi connectivity index (χ4n) is 1.78. The summed E-state index contributed by atoms with van der Waals surface area (Å²) in [5.74, 6) is -1.19. The lowest BCUT2D eigenvalue weighted by molar-refractivity contribution is 0.0978. The highest BCUT2D eigenvalue weighted by Gasteiger charge is 2.23. The normalized spacial score (nSPS) is 11.7. The quantitative estimate of drug-likeness (QED) is 0.694. The lowest BCUT2D eigenvalue weighted by Gasteiger charge is -2.10. The molecule has 0 spiro atoms. The number of nitriles is 1. The van der Waals surface area contributed by atoms with Gasteiger partial charge in [0.2, 0.25) is 0 Å². The molecule has 0 saturated heterocycles. The van der Waals surface area contributed by atoms with Crippen LogP contribution in [0.1, 0.15) is 21.8 Å². The molecular formula is C15H8BrCl2NO. The second-order valence-corrected chi connectivity index (χ2v) is 5.83. The van der Waals surface area contributed by atoms with Crippen LogP contribution in [0.3, 0.4) is 0 Å². The average Bonchev–Trinajstić information content (AvgIpc) is 2.44. The Labute approximate surface area is 135 Å². The van der Waals surface area contributed by atoms with Crippen molar-refractivity contribution < 1.29 is 4.79 Å². The molecule has 0 saturated carbocycles. The molecule has 0 N–H and O–H groups in total. The highest BCUT2D eigenvalue weighted by Crippen LogP contribution is 2.28. The van der Waals surface area contributed by atoms with Crippen LogP contribution in [0.15, 0.2) is 46.9 Å². The lowest BCUT2D eigenvalue weighted by atomic mass is 9.92. The van der Waals surface area contributed by atoms with Gasteiger partial charge in [-0.3, -0.25) is 4.79 Å². The van der Waals surface area contributed by atoms with Crippen molar-refractivity contribution in [2.75, 3.05) is 0 Å². The first-order valence-electron chi connectivity index (χ1n) is 5.67. The molecular weight excluding hydrogens is 361 g/mol. The smallest absolute Gasteiger partial charge is 0.185 e.